The van der Waals surface area contributed by atoms with Crippen LogP contribution in [0, 0.1) is 11.7 Å². The van der Waals surface area contributed by atoms with Gasteiger partial charge in [-0.3, -0.25) is 9.59 Å². The van der Waals surface area contributed by atoms with E-state index >= 15 is 0 Å². The average Bonchev–Trinajstić information content (AvgIpc) is 3.30. The molecule has 27 heavy (non-hydrogen) atoms. The molecule has 0 aliphatic carbocycles. The first-order valence-corrected chi connectivity index (χ1v) is 9.36. The van der Waals surface area contributed by atoms with Crippen LogP contribution in [-0.4, -0.2) is 23.3 Å². The standard InChI is InChI=1S/C20H16FN3O2S/c21-15-8-6-13(7-9-15)17-12-27-20(22-17)23-19(26)14-10-18(25)24(11-14)16-4-2-1-3-5-16/h1-9,12,14H,10-11H2,(H,22,23,26). The molecule has 4 rings (SSSR count). The fraction of sp³-hybridized carbons (Fsp3) is 0.150. The summed E-state index contributed by atoms with van der Waals surface area (Å²) in [6, 6.07) is 15.3. The first-order valence-electron chi connectivity index (χ1n) is 8.48. The average molecular weight is 381 g/mol. The van der Waals surface area contributed by atoms with Crippen LogP contribution in [0.5, 0.6) is 0 Å². The summed E-state index contributed by atoms with van der Waals surface area (Å²) in [5, 5.41) is 5.06. The van der Waals surface area contributed by atoms with Gasteiger partial charge in [-0.05, 0) is 36.4 Å². The second-order valence-corrected chi connectivity index (χ2v) is 7.13. The molecule has 1 aliphatic heterocycles. The van der Waals surface area contributed by atoms with E-state index in [1.54, 1.807) is 22.4 Å². The molecule has 2 aromatic carbocycles. The Bertz CT molecular complexity index is 972. The molecule has 5 nitrogen and oxygen atoms in total. The zero-order chi connectivity index (χ0) is 18.8. The van der Waals surface area contributed by atoms with Gasteiger partial charge < -0.3 is 10.2 Å². The lowest BCUT2D eigenvalue weighted by atomic mass is 10.1. The Kier molecular flexibility index (Phi) is 4.68. The summed E-state index contributed by atoms with van der Waals surface area (Å²) in [6.45, 7) is 0.352. The molecule has 2 heterocycles. The molecule has 2 amide bonds. The summed E-state index contributed by atoms with van der Waals surface area (Å²) < 4.78 is 13.0. The first-order chi connectivity index (χ1) is 13.1. The Labute approximate surface area is 159 Å². The lowest BCUT2D eigenvalue weighted by molar-refractivity contribution is -0.122. The van der Waals surface area contributed by atoms with Gasteiger partial charge in [0.15, 0.2) is 5.13 Å². The number of para-hydroxylation sites is 1. The number of nitrogens with zero attached hydrogens (tertiary/aromatic N) is 2. The number of halogens is 1. The maximum absolute atomic E-state index is 13.0. The van der Waals surface area contributed by atoms with Gasteiger partial charge in [0.25, 0.3) is 0 Å². The predicted molar refractivity (Wildman–Crippen MR) is 103 cm³/mol. The highest BCUT2D eigenvalue weighted by Gasteiger charge is 2.35. The van der Waals surface area contributed by atoms with E-state index in [-0.39, 0.29) is 24.1 Å². The molecule has 0 spiro atoms. The van der Waals surface area contributed by atoms with Crippen molar-refractivity contribution in [3.8, 4) is 11.3 Å². The van der Waals surface area contributed by atoms with E-state index in [4.69, 9.17) is 0 Å². The summed E-state index contributed by atoms with van der Waals surface area (Å²) >= 11 is 1.30. The minimum atomic E-state index is -0.420. The van der Waals surface area contributed by atoms with Crippen LogP contribution >= 0.6 is 11.3 Å². The van der Waals surface area contributed by atoms with Crippen LogP contribution in [0.15, 0.2) is 60.0 Å². The number of hydrogen-bond acceptors (Lipinski definition) is 4. The highest BCUT2D eigenvalue weighted by molar-refractivity contribution is 7.14. The summed E-state index contributed by atoms with van der Waals surface area (Å²) in [6.07, 6.45) is 0.178. The number of hydrogen-bond donors (Lipinski definition) is 1. The van der Waals surface area contributed by atoms with Crippen molar-refractivity contribution in [2.24, 2.45) is 5.92 Å². The normalized spacial score (nSPS) is 16.6. The third-order valence-corrected chi connectivity index (χ3v) is 5.20. The molecule has 1 aromatic heterocycles. The molecule has 3 aromatic rings. The lowest BCUT2D eigenvalue weighted by Gasteiger charge is -2.16. The van der Waals surface area contributed by atoms with Gasteiger partial charge in [-0.25, -0.2) is 9.37 Å². The van der Waals surface area contributed by atoms with Crippen LogP contribution in [0.2, 0.25) is 0 Å². The molecule has 1 unspecified atom stereocenters. The van der Waals surface area contributed by atoms with Crippen LogP contribution < -0.4 is 10.2 Å². The third kappa shape index (κ3) is 3.73. The van der Waals surface area contributed by atoms with E-state index in [1.807, 2.05) is 30.3 Å². The van der Waals surface area contributed by atoms with Crippen molar-refractivity contribution in [1.82, 2.24) is 4.98 Å². The van der Waals surface area contributed by atoms with Crippen molar-refractivity contribution < 1.29 is 14.0 Å². The fourth-order valence-corrected chi connectivity index (χ4v) is 3.76. The highest BCUT2D eigenvalue weighted by Crippen LogP contribution is 2.28. The quantitative estimate of drug-likeness (QED) is 0.745. The Morgan fingerprint density at radius 1 is 1.15 bits per heavy atom. The minimum absolute atomic E-state index is 0.0625. The van der Waals surface area contributed by atoms with Gasteiger partial charge in [0.2, 0.25) is 11.8 Å². The van der Waals surface area contributed by atoms with Crippen molar-refractivity contribution in [2.45, 2.75) is 6.42 Å². The van der Waals surface area contributed by atoms with Gasteiger partial charge in [-0.15, -0.1) is 11.3 Å². The smallest absolute Gasteiger partial charge is 0.231 e. The zero-order valence-corrected chi connectivity index (χ0v) is 15.1. The number of anilines is 2. The number of aromatic nitrogens is 1. The molecule has 1 atom stereocenters. The van der Waals surface area contributed by atoms with E-state index in [1.165, 1.54) is 23.5 Å². The Morgan fingerprint density at radius 2 is 1.89 bits per heavy atom. The molecule has 1 N–H and O–H groups in total. The SMILES string of the molecule is O=C(Nc1nc(-c2ccc(F)cc2)cs1)C1CC(=O)N(c2ccccc2)C1. The molecule has 0 radical (unpaired) electrons. The number of nitrogens with one attached hydrogen (secondary N) is 1. The largest absolute Gasteiger partial charge is 0.312 e. The number of amides is 2. The maximum Gasteiger partial charge on any atom is 0.231 e. The van der Waals surface area contributed by atoms with Crippen molar-refractivity contribution in [1.29, 1.82) is 0 Å². The minimum Gasteiger partial charge on any atom is -0.312 e. The second kappa shape index (κ2) is 7.28. The van der Waals surface area contributed by atoms with E-state index in [9.17, 15) is 14.0 Å². The summed E-state index contributed by atoms with van der Waals surface area (Å²) in [5.41, 5.74) is 2.24. The van der Waals surface area contributed by atoms with Crippen LogP contribution in [-0.2, 0) is 9.59 Å². The Morgan fingerprint density at radius 3 is 2.63 bits per heavy atom. The van der Waals surface area contributed by atoms with E-state index in [0.29, 0.717) is 17.4 Å². The summed E-state index contributed by atoms with van der Waals surface area (Å²) in [5.74, 6) is -1.01. The lowest BCUT2D eigenvalue weighted by Crippen LogP contribution is -2.28. The first kappa shape index (κ1) is 17.4. The molecule has 0 bridgehead atoms. The monoisotopic (exact) mass is 381 g/mol. The second-order valence-electron chi connectivity index (χ2n) is 6.27. The highest BCUT2D eigenvalue weighted by atomic mass is 32.1. The molecule has 1 saturated heterocycles. The number of carbonyl (C=O) groups is 2. The number of carbonyl (C=O) groups excluding carboxylic acids is 2. The molecule has 0 saturated carbocycles. The van der Waals surface area contributed by atoms with Crippen LogP contribution in [0.25, 0.3) is 11.3 Å². The fourth-order valence-electron chi connectivity index (χ4n) is 3.03. The van der Waals surface area contributed by atoms with Crippen molar-refractivity contribution in [3.05, 3.63) is 65.8 Å². The van der Waals surface area contributed by atoms with Gasteiger partial charge in [-0.1, -0.05) is 18.2 Å². The van der Waals surface area contributed by atoms with Crippen molar-refractivity contribution >= 4 is 34.0 Å². The summed E-state index contributed by atoms with van der Waals surface area (Å²) in [7, 11) is 0. The Hall–Kier alpha value is -3.06. The topological polar surface area (TPSA) is 62.3 Å². The maximum atomic E-state index is 13.0. The van der Waals surface area contributed by atoms with Gasteiger partial charge >= 0.3 is 0 Å². The van der Waals surface area contributed by atoms with Gasteiger partial charge in [0.05, 0.1) is 11.6 Å². The van der Waals surface area contributed by atoms with Crippen LogP contribution in [0.1, 0.15) is 6.42 Å². The van der Waals surface area contributed by atoms with Crippen LogP contribution in [0.3, 0.4) is 0 Å². The molecule has 136 valence electrons. The van der Waals surface area contributed by atoms with Crippen LogP contribution in [0.4, 0.5) is 15.2 Å². The molecule has 1 fully saturated rings. The third-order valence-electron chi connectivity index (χ3n) is 4.44. The molecular formula is C20H16FN3O2S. The van der Waals surface area contributed by atoms with Crippen molar-refractivity contribution in [2.75, 3.05) is 16.8 Å². The molecular weight excluding hydrogens is 365 g/mol. The summed E-state index contributed by atoms with van der Waals surface area (Å²) in [4.78, 5) is 30.8. The van der Waals surface area contributed by atoms with Crippen molar-refractivity contribution in [3.63, 3.8) is 0 Å². The van der Waals surface area contributed by atoms with E-state index < -0.39 is 5.92 Å². The molecule has 7 heteroatoms. The van der Waals surface area contributed by atoms with Gasteiger partial charge in [0.1, 0.15) is 5.82 Å². The number of rotatable bonds is 4. The zero-order valence-electron chi connectivity index (χ0n) is 14.3. The number of benzene rings is 2. The van der Waals surface area contributed by atoms with Gasteiger partial charge in [0, 0.05) is 29.6 Å². The van der Waals surface area contributed by atoms with E-state index in [2.05, 4.69) is 10.3 Å². The number of thiazole rings is 1. The van der Waals surface area contributed by atoms with Gasteiger partial charge in [-0.2, -0.15) is 0 Å². The predicted octanol–water partition coefficient (Wildman–Crippen LogP) is 3.94. The molecule has 1 aliphatic rings. The van der Waals surface area contributed by atoms with E-state index in [0.717, 1.165) is 11.3 Å². The Balaban J connectivity index is 1.43.